The molecule has 1 aliphatic heterocycles. The Hall–Kier alpha value is -1.92. The minimum atomic E-state index is -0.452. The standard InChI is InChI=1S/C16H17ClN4O2/c17-10-1-4-12-13(7-10)18-8-15(20-12)21-5-6-23-14(9-21)16(22)19-11-2-3-11/h1,4,7-8,11,14H,2-3,5-6,9H2,(H,19,22). The minimum Gasteiger partial charge on any atom is -0.365 e. The molecule has 1 aromatic carbocycles. The van der Waals surface area contributed by atoms with Gasteiger partial charge in [-0.3, -0.25) is 9.78 Å². The number of aromatic nitrogens is 2. The first-order valence-electron chi connectivity index (χ1n) is 7.78. The predicted molar refractivity (Wildman–Crippen MR) is 87.7 cm³/mol. The predicted octanol–water partition coefficient (Wildman–Crippen LogP) is 1.77. The van der Waals surface area contributed by atoms with Gasteiger partial charge in [0.05, 0.1) is 30.4 Å². The van der Waals surface area contributed by atoms with Gasteiger partial charge in [0.25, 0.3) is 5.91 Å². The molecule has 0 bridgehead atoms. The van der Waals surface area contributed by atoms with Crippen LogP contribution in [-0.2, 0) is 9.53 Å². The summed E-state index contributed by atoms with van der Waals surface area (Å²) in [6, 6.07) is 5.78. The second-order valence-electron chi connectivity index (χ2n) is 5.95. The van der Waals surface area contributed by atoms with E-state index in [1.54, 1.807) is 18.3 Å². The lowest BCUT2D eigenvalue weighted by Gasteiger charge is -2.32. The first-order valence-corrected chi connectivity index (χ1v) is 8.16. The molecule has 23 heavy (non-hydrogen) atoms. The van der Waals surface area contributed by atoms with Crippen LogP contribution < -0.4 is 10.2 Å². The number of carbonyl (C=O) groups excluding carboxylic acids is 1. The maximum absolute atomic E-state index is 12.2. The zero-order chi connectivity index (χ0) is 15.8. The first-order chi connectivity index (χ1) is 11.2. The summed E-state index contributed by atoms with van der Waals surface area (Å²) in [5, 5.41) is 3.63. The van der Waals surface area contributed by atoms with Crippen LogP contribution in [0.5, 0.6) is 0 Å². The molecule has 1 atom stereocenters. The molecule has 1 N–H and O–H groups in total. The van der Waals surface area contributed by atoms with Crippen LogP contribution >= 0.6 is 11.6 Å². The fraction of sp³-hybridized carbons (Fsp3) is 0.438. The van der Waals surface area contributed by atoms with Crippen molar-refractivity contribution in [2.24, 2.45) is 0 Å². The number of hydrogen-bond acceptors (Lipinski definition) is 5. The second kappa shape index (κ2) is 5.94. The lowest BCUT2D eigenvalue weighted by Crippen LogP contribution is -2.50. The van der Waals surface area contributed by atoms with E-state index in [0.29, 0.717) is 30.8 Å². The second-order valence-corrected chi connectivity index (χ2v) is 6.39. The lowest BCUT2D eigenvalue weighted by molar-refractivity contribution is -0.133. The number of anilines is 1. The SMILES string of the molecule is O=C(NC1CC1)C1CN(c2cnc3cc(Cl)ccc3n2)CCO1. The molecule has 1 aromatic heterocycles. The number of amides is 1. The monoisotopic (exact) mass is 332 g/mol. The van der Waals surface area contributed by atoms with Crippen LogP contribution in [0.25, 0.3) is 11.0 Å². The molecule has 4 rings (SSSR count). The van der Waals surface area contributed by atoms with E-state index in [2.05, 4.69) is 15.3 Å². The van der Waals surface area contributed by atoms with E-state index < -0.39 is 6.10 Å². The van der Waals surface area contributed by atoms with Crippen molar-refractivity contribution in [3.05, 3.63) is 29.4 Å². The van der Waals surface area contributed by atoms with E-state index in [1.807, 2.05) is 11.0 Å². The molecule has 0 spiro atoms. The van der Waals surface area contributed by atoms with Gasteiger partial charge in [0, 0.05) is 17.6 Å². The molecule has 2 heterocycles. The van der Waals surface area contributed by atoms with E-state index in [4.69, 9.17) is 16.3 Å². The number of morpholine rings is 1. The first kappa shape index (κ1) is 14.7. The summed E-state index contributed by atoms with van der Waals surface area (Å²) in [5.41, 5.74) is 1.55. The Morgan fingerprint density at radius 1 is 1.35 bits per heavy atom. The van der Waals surface area contributed by atoms with E-state index in [-0.39, 0.29) is 5.91 Å². The van der Waals surface area contributed by atoms with E-state index in [9.17, 15) is 4.79 Å². The highest BCUT2D eigenvalue weighted by molar-refractivity contribution is 6.31. The van der Waals surface area contributed by atoms with E-state index in [1.165, 1.54) is 0 Å². The third-order valence-electron chi connectivity index (χ3n) is 4.10. The Morgan fingerprint density at radius 3 is 3.04 bits per heavy atom. The highest BCUT2D eigenvalue weighted by atomic mass is 35.5. The van der Waals surface area contributed by atoms with Crippen molar-refractivity contribution < 1.29 is 9.53 Å². The highest BCUT2D eigenvalue weighted by Crippen LogP contribution is 2.22. The summed E-state index contributed by atoms with van der Waals surface area (Å²) in [4.78, 5) is 23.2. The zero-order valence-corrected chi connectivity index (χ0v) is 13.3. The average molecular weight is 333 g/mol. The molecule has 1 unspecified atom stereocenters. The van der Waals surface area contributed by atoms with Crippen LogP contribution in [0.1, 0.15) is 12.8 Å². The molecule has 1 saturated heterocycles. The summed E-state index contributed by atoms with van der Waals surface area (Å²) in [7, 11) is 0. The Morgan fingerprint density at radius 2 is 2.22 bits per heavy atom. The molecule has 1 aliphatic carbocycles. The minimum absolute atomic E-state index is 0.0299. The normalized spacial score (nSPS) is 21.4. The van der Waals surface area contributed by atoms with Crippen molar-refractivity contribution in [3.63, 3.8) is 0 Å². The largest absolute Gasteiger partial charge is 0.365 e. The van der Waals surface area contributed by atoms with Crippen LogP contribution in [0.4, 0.5) is 5.82 Å². The van der Waals surface area contributed by atoms with Gasteiger partial charge in [0.1, 0.15) is 5.82 Å². The maximum atomic E-state index is 12.2. The van der Waals surface area contributed by atoms with E-state index >= 15 is 0 Å². The molecule has 7 heteroatoms. The van der Waals surface area contributed by atoms with Crippen LogP contribution in [0, 0.1) is 0 Å². The van der Waals surface area contributed by atoms with Gasteiger partial charge >= 0.3 is 0 Å². The molecule has 2 aliphatic rings. The van der Waals surface area contributed by atoms with Gasteiger partial charge in [0.15, 0.2) is 6.10 Å². The molecule has 0 radical (unpaired) electrons. The third kappa shape index (κ3) is 3.23. The van der Waals surface area contributed by atoms with Crippen molar-refractivity contribution in [1.82, 2.24) is 15.3 Å². The van der Waals surface area contributed by atoms with Gasteiger partial charge in [-0.25, -0.2) is 4.98 Å². The van der Waals surface area contributed by atoms with Crippen molar-refractivity contribution in [2.45, 2.75) is 25.0 Å². The van der Waals surface area contributed by atoms with Gasteiger partial charge in [-0.1, -0.05) is 11.6 Å². The van der Waals surface area contributed by atoms with Crippen molar-refractivity contribution >= 4 is 34.4 Å². The number of halogens is 1. The molecule has 6 nitrogen and oxygen atoms in total. The average Bonchev–Trinajstić information content (AvgIpc) is 3.38. The van der Waals surface area contributed by atoms with Crippen LogP contribution in [0.3, 0.4) is 0 Å². The van der Waals surface area contributed by atoms with Crippen LogP contribution in [0.2, 0.25) is 5.02 Å². The van der Waals surface area contributed by atoms with Gasteiger partial charge in [-0.15, -0.1) is 0 Å². The van der Waals surface area contributed by atoms with Crippen molar-refractivity contribution in [3.8, 4) is 0 Å². The van der Waals surface area contributed by atoms with Gasteiger partial charge in [-0.05, 0) is 31.0 Å². The lowest BCUT2D eigenvalue weighted by atomic mass is 10.2. The molecular weight excluding hydrogens is 316 g/mol. The summed E-state index contributed by atoms with van der Waals surface area (Å²) >= 11 is 5.97. The number of benzene rings is 1. The van der Waals surface area contributed by atoms with Gasteiger partial charge in [-0.2, -0.15) is 0 Å². The number of rotatable bonds is 3. The van der Waals surface area contributed by atoms with Crippen molar-refractivity contribution in [2.75, 3.05) is 24.6 Å². The Balaban J connectivity index is 1.52. The fourth-order valence-corrected chi connectivity index (χ4v) is 2.83. The summed E-state index contributed by atoms with van der Waals surface area (Å²) < 4.78 is 5.60. The summed E-state index contributed by atoms with van der Waals surface area (Å²) in [6.07, 6.45) is 3.41. The Labute approximate surface area is 138 Å². The fourth-order valence-electron chi connectivity index (χ4n) is 2.66. The number of nitrogens with one attached hydrogen (secondary N) is 1. The molecule has 1 saturated carbocycles. The molecule has 2 fully saturated rings. The number of fused-ring (bicyclic) bond motifs is 1. The van der Waals surface area contributed by atoms with Gasteiger partial charge in [0.2, 0.25) is 0 Å². The molecule has 120 valence electrons. The molecule has 2 aromatic rings. The third-order valence-corrected chi connectivity index (χ3v) is 4.33. The van der Waals surface area contributed by atoms with E-state index in [0.717, 1.165) is 29.7 Å². The van der Waals surface area contributed by atoms with Crippen molar-refractivity contribution in [1.29, 1.82) is 0 Å². The Bertz CT molecular complexity index is 750. The van der Waals surface area contributed by atoms with Gasteiger partial charge < -0.3 is 15.0 Å². The molecular formula is C16H17ClN4O2. The zero-order valence-electron chi connectivity index (χ0n) is 12.5. The Kier molecular flexibility index (Phi) is 3.79. The maximum Gasteiger partial charge on any atom is 0.251 e. The quantitative estimate of drug-likeness (QED) is 0.927. The highest BCUT2D eigenvalue weighted by Gasteiger charge is 2.31. The summed E-state index contributed by atoms with van der Waals surface area (Å²) in [5.74, 6) is 0.727. The smallest absolute Gasteiger partial charge is 0.251 e. The topological polar surface area (TPSA) is 67.4 Å². The summed E-state index contributed by atoms with van der Waals surface area (Å²) in [6.45, 7) is 1.69. The number of hydrogen-bond donors (Lipinski definition) is 1. The number of ether oxygens (including phenoxy) is 1. The van der Waals surface area contributed by atoms with Crippen LogP contribution in [0.15, 0.2) is 24.4 Å². The number of nitrogens with zero attached hydrogens (tertiary/aromatic N) is 3. The van der Waals surface area contributed by atoms with Crippen LogP contribution in [-0.4, -0.2) is 47.7 Å². The number of carbonyl (C=O) groups is 1. The molecule has 1 amide bonds.